The Morgan fingerprint density at radius 2 is 2.17 bits per heavy atom. The van der Waals surface area contributed by atoms with E-state index in [1.165, 1.54) is 11.3 Å². The summed E-state index contributed by atoms with van der Waals surface area (Å²) in [5.41, 5.74) is 7.82. The number of hydrogen-bond donors (Lipinski definition) is 2. The fraction of sp³-hybridized carbons (Fsp3) is 0.294. The van der Waals surface area contributed by atoms with E-state index in [4.69, 9.17) is 10.2 Å². The summed E-state index contributed by atoms with van der Waals surface area (Å²) in [5, 5.41) is 6.66. The van der Waals surface area contributed by atoms with E-state index < -0.39 is 0 Å². The number of halogens is 1. The van der Waals surface area contributed by atoms with Gasteiger partial charge in [0.05, 0.1) is 11.0 Å². The Bertz CT molecular complexity index is 843. The van der Waals surface area contributed by atoms with Crippen molar-refractivity contribution in [1.82, 2.24) is 10.3 Å². The van der Waals surface area contributed by atoms with Gasteiger partial charge >= 0.3 is 0 Å². The van der Waals surface area contributed by atoms with Crippen LogP contribution in [-0.4, -0.2) is 17.4 Å². The van der Waals surface area contributed by atoms with Gasteiger partial charge in [-0.3, -0.25) is 4.79 Å². The number of rotatable bonds is 5. The Hall–Kier alpha value is -1.89. The molecule has 0 aliphatic rings. The third-order valence-corrected chi connectivity index (χ3v) is 4.67. The standard InChI is InChI=1S/C17H19N3O2S.ClH/c1-10-12-5-3-4-6-14(12)22-16(10)11(2)19-17(21)13-9-23-15(20-13)7-8-18;/h3-6,9,11H,7-8,18H2,1-2H3,(H,19,21);1H. The molecule has 0 fully saturated rings. The van der Waals surface area contributed by atoms with Crippen LogP contribution >= 0.6 is 23.7 Å². The summed E-state index contributed by atoms with van der Waals surface area (Å²) in [7, 11) is 0. The first-order valence-electron chi connectivity index (χ1n) is 7.53. The maximum absolute atomic E-state index is 12.3. The number of hydrogen-bond acceptors (Lipinski definition) is 5. The normalized spacial score (nSPS) is 12.0. The van der Waals surface area contributed by atoms with Crippen molar-refractivity contribution >= 4 is 40.6 Å². The second-order valence-electron chi connectivity index (χ2n) is 5.45. The summed E-state index contributed by atoms with van der Waals surface area (Å²) >= 11 is 1.46. The van der Waals surface area contributed by atoms with Gasteiger partial charge in [0.15, 0.2) is 0 Å². The van der Waals surface area contributed by atoms with Crippen molar-refractivity contribution in [2.75, 3.05) is 6.54 Å². The lowest BCUT2D eigenvalue weighted by Gasteiger charge is -2.11. The summed E-state index contributed by atoms with van der Waals surface area (Å²) in [6.07, 6.45) is 0.691. The molecule has 0 bridgehead atoms. The van der Waals surface area contributed by atoms with E-state index in [0.717, 1.165) is 27.3 Å². The third kappa shape index (κ3) is 3.61. The van der Waals surface area contributed by atoms with Gasteiger partial charge in [0.2, 0.25) is 0 Å². The number of furan rings is 1. The number of nitrogens with zero attached hydrogens (tertiary/aromatic N) is 1. The SMILES string of the molecule is Cc1c(C(C)NC(=O)c2csc(CCN)n2)oc2ccccc12.Cl. The highest BCUT2D eigenvalue weighted by atomic mass is 35.5. The molecular weight excluding hydrogens is 346 g/mol. The molecule has 0 saturated carbocycles. The zero-order valence-corrected chi connectivity index (χ0v) is 15.2. The van der Waals surface area contributed by atoms with Gasteiger partial charge in [-0.25, -0.2) is 4.98 Å². The molecule has 0 saturated heterocycles. The van der Waals surface area contributed by atoms with Crippen molar-refractivity contribution < 1.29 is 9.21 Å². The van der Waals surface area contributed by atoms with Gasteiger partial charge in [0, 0.05) is 22.8 Å². The van der Waals surface area contributed by atoms with Gasteiger partial charge < -0.3 is 15.5 Å². The second-order valence-corrected chi connectivity index (χ2v) is 6.39. The van der Waals surface area contributed by atoms with E-state index >= 15 is 0 Å². The molecule has 128 valence electrons. The van der Waals surface area contributed by atoms with Crippen LogP contribution in [0, 0.1) is 6.92 Å². The molecule has 3 aromatic rings. The van der Waals surface area contributed by atoms with Gasteiger partial charge in [0.1, 0.15) is 17.0 Å². The second kappa shape index (κ2) is 7.79. The molecule has 1 atom stereocenters. The van der Waals surface area contributed by atoms with Crippen LogP contribution in [0.25, 0.3) is 11.0 Å². The van der Waals surface area contributed by atoms with E-state index in [1.54, 1.807) is 5.38 Å². The topological polar surface area (TPSA) is 81.2 Å². The molecule has 1 unspecified atom stereocenters. The number of para-hydroxylation sites is 1. The first-order valence-corrected chi connectivity index (χ1v) is 8.41. The third-order valence-electron chi connectivity index (χ3n) is 3.76. The zero-order valence-electron chi connectivity index (χ0n) is 13.5. The van der Waals surface area contributed by atoms with Crippen LogP contribution in [0.1, 0.15) is 39.8 Å². The minimum atomic E-state index is -0.227. The maximum Gasteiger partial charge on any atom is 0.271 e. The largest absolute Gasteiger partial charge is 0.459 e. The van der Waals surface area contributed by atoms with Crippen molar-refractivity contribution in [3.8, 4) is 0 Å². The highest BCUT2D eigenvalue weighted by Crippen LogP contribution is 2.29. The summed E-state index contributed by atoms with van der Waals surface area (Å²) in [5.74, 6) is 0.578. The minimum absolute atomic E-state index is 0. The monoisotopic (exact) mass is 365 g/mol. The Balaban J connectivity index is 0.00000208. The van der Waals surface area contributed by atoms with Crippen LogP contribution in [0.3, 0.4) is 0 Å². The van der Waals surface area contributed by atoms with Crippen LogP contribution in [0.4, 0.5) is 0 Å². The molecule has 0 spiro atoms. The number of nitrogens with two attached hydrogens (primary N) is 1. The first-order chi connectivity index (χ1) is 11.1. The number of carbonyl (C=O) groups excluding carboxylic acids is 1. The summed E-state index contributed by atoms with van der Waals surface area (Å²) in [6, 6.07) is 7.64. The number of aromatic nitrogens is 1. The molecule has 1 amide bonds. The number of nitrogens with one attached hydrogen (secondary N) is 1. The van der Waals surface area contributed by atoms with Crippen LogP contribution in [-0.2, 0) is 6.42 Å². The predicted molar refractivity (Wildman–Crippen MR) is 99.0 cm³/mol. The van der Waals surface area contributed by atoms with Gasteiger partial charge in [-0.1, -0.05) is 18.2 Å². The van der Waals surface area contributed by atoms with Crippen molar-refractivity contribution in [3.05, 3.63) is 51.7 Å². The molecule has 1 aromatic carbocycles. The quantitative estimate of drug-likeness (QED) is 0.723. The molecule has 0 aliphatic carbocycles. The average Bonchev–Trinajstić information content (AvgIpc) is 3.13. The Morgan fingerprint density at radius 3 is 2.88 bits per heavy atom. The van der Waals surface area contributed by atoms with Crippen LogP contribution in [0.15, 0.2) is 34.1 Å². The molecule has 2 aromatic heterocycles. The van der Waals surface area contributed by atoms with Crippen molar-refractivity contribution in [2.45, 2.75) is 26.3 Å². The molecule has 0 aliphatic heterocycles. The highest BCUT2D eigenvalue weighted by Gasteiger charge is 2.20. The number of carbonyl (C=O) groups is 1. The zero-order chi connectivity index (χ0) is 16.4. The lowest BCUT2D eigenvalue weighted by Crippen LogP contribution is -2.27. The fourth-order valence-corrected chi connectivity index (χ4v) is 3.39. The lowest BCUT2D eigenvalue weighted by molar-refractivity contribution is 0.0931. The predicted octanol–water partition coefficient (Wildman–Crippen LogP) is 3.61. The Morgan fingerprint density at radius 1 is 1.42 bits per heavy atom. The summed E-state index contributed by atoms with van der Waals surface area (Å²) in [4.78, 5) is 16.6. The first kappa shape index (κ1) is 18.4. The van der Waals surface area contributed by atoms with Crippen molar-refractivity contribution in [1.29, 1.82) is 0 Å². The highest BCUT2D eigenvalue weighted by molar-refractivity contribution is 7.09. The van der Waals surface area contributed by atoms with E-state index in [-0.39, 0.29) is 24.4 Å². The van der Waals surface area contributed by atoms with E-state index in [9.17, 15) is 4.79 Å². The lowest BCUT2D eigenvalue weighted by atomic mass is 10.1. The number of benzene rings is 1. The average molecular weight is 366 g/mol. The minimum Gasteiger partial charge on any atom is -0.459 e. The van der Waals surface area contributed by atoms with Crippen LogP contribution in [0.5, 0.6) is 0 Å². The molecule has 3 N–H and O–H groups in total. The number of aryl methyl sites for hydroxylation is 1. The molecule has 0 radical (unpaired) electrons. The smallest absolute Gasteiger partial charge is 0.271 e. The Kier molecular flexibility index (Phi) is 5.99. The van der Waals surface area contributed by atoms with Gasteiger partial charge in [-0.2, -0.15) is 0 Å². The molecule has 3 rings (SSSR count). The van der Waals surface area contributed by atoms with Gasteiger partial charge in [-0.15, -0.1) is 23.7 Å². The summed E-state index contributed by atoms with van der Waals surface area (Å²) in [6.45, 7) is 4.45. The number of amides is 1. The van der Waals surface area contributed by atoms with Crippen molar-refractivity contribution in [3.63, 3.8) is 0 Å². The molecule has 2 heterocycles. The molecule has 24 heavy (non-hydrogen) atoms. The maximum atomic E-state index is 12.3. The number of thiazole rings is 1. The van der Waals surface area contributed by atoms with Gasteiger partial charge in [-0.05, 0) is 26.5 Å². The van der Waals surface area contributed by atoms with Gasteiger partial charge in [0.25, 0.3) is 5.91 Å². The van der Waals surface area contributed by atoms with Crippen LogP contribution in [0.2, 0.25) is 0 Å². The fourth-order valence-electron chi connectivity index (χ4n) is 2.60. The van der Waals surface area contributed by atoms with E-state index in [0.29, 0.717) is 18.7 Å². The molecule has 7 heteroatoms. The van der Waals surface area contributed by atoms with Crippen molar-refractivity contribution in [2.24, 2.45) is 5.73 Å². The van der Waals surface area contributed by atoms with Crippen LogP contribution < -0.4 is 11.1 Å². The molecule has 5 nitrogen and oxygen atoms in total. The van der Waals surface area contributed by atoms with E-state index in [1.807, 2.05) is 38.1 Å². The van der Waals surface area contributed by atoms with E-state index in [2.05, 4.69) is 10.3 Å². The summed E-state index contributed by atoms with van der Waals surface area (Å²) < 4.78 is 5.89. The Labute approximate surface area is 150 Å². The number of fused-ring (bicyclic) bond motifs is 1. The molecular formula is C17H20ClN3O2S.